The van der Waals surface area contributed by atoms with Gasteiger partial charge in [0.05, 0.1) is 23.5 Å². The molecule has 0 bridgehead atoms. The number of fused-ring (bicyclic) bond motifs is 1. The molecule has 92 valence electrons. The molecule has 18 heavy (non-hydrogen) atoms. The average Bonchev–Trinajstić information content (AvgIpc) is 3.16. The zero-order chi connectivity index (χ0) is 12.7. The molecule has 0 spiro atoms. The molecular formula is C13H12N2O3. The summed E-state index contributed by atoms with van der Waals surface area (Å²) in [5.41, 5.74) is 0.340. The summed E-state index contributed by atoms with van der Waals surface area (Å²) < 4.78 is 1.45. The van der Waals surface area contributed by atoms with Crippen molar-refractivity contribution in [2.45, 2.75) is 25.3 Å². The molecule has 2 aromatic rings. The fraction of sp³-hybridized carbons (Fsp3) is 0.308. The summed E-state index contributed by atoms with van der Waals surface area (Å²) >= 11 is 0. The first-order valence-corrected chi connectivity index (χ1v) is 5.89. The highest BCUT2D eigenvalue weighted by Gasteiger charge is 2.27. The van der Waals surface area contributed by atoms with Gasteiger partial charge < -0.3 is 5.11 Å². The normalized spacial score (nSPS) is 14.9. The summed E-state index contributed by atoms with van der Waals surface area (Å²) in [6.07, 6.45) is 1.73. The van der Waals surface area contributed by atoms with E-state index in [0.29, 0.717) is 16.5 Å². The second-order valence-corrected chi connectivity index (χ2v) is 4.54. The minimum Gasteiger partial charge on any atom is -0.481 e. The van der Waals surface area contributed by atoms with Gasteiger partial charge in [-0.2, -0.15) is 5.10 Å². The first kappa shape index (κ1) is 11.0. The van der Waals surface area contributed by atoms with Gasteiger partial charge in [0.15, 0.2) is 0 Å². The van der Waals surface area contributed by atoms with Gasteiger partial charge in [-0.1, -0.05) is 18.2 Å². The molecule has 1 aliphatic rings. The largest absolute Gasteiger partial charge is 0.481 e. The van der Waals surface area contributed by atoms with Gasteiger partial charge in [-0.05, 0) is 18.9 Å². The topological polar surface area (TPSA) is 72.2 Å². The predicted octanol–water partition coefficient (Wildman–Crippen LogP) is 1.36. The number of carbonyl (C=O) groups is 1. The lowest BCUT2D eigenvalue weighted by molar-refractivity contribution is -0.136. The zero-order valence-electron chi connectivity index (χ0n) is 9.67. The Morgan fingerprint density at radius 3 is 2.61 bits per heavy atom. The van der Waals surface area contributed by atoms with Gasteiger partial charge >= 0.3 is 5.97 Å². The first-order chi connectivity index (χ1) is 8.66. The van der Waals surface area contributed by atoms with E-state index < -0.39 is 5.97 Å². The van der Waals surface area contributed by atoms with Crippen molar-refractivity contribution in [2.75, 3.05) is 0 Å². The van der Waals surface area contributed by atoms with Crippen LogP contribution in [0.3, 0.4) is 0 Å². The maximum atomic E-state index is 12.2. The minimum atomic E-state index is -0.936. The number of hydrogen-bond donors (Lipinski definition) is 1. The summed E-state index contributed by atoms with van der Waals surface area (Å²) in [7, 11) is 0. The van der Waals surface area contributed by atoms with Gasteiger partial charge in [-0.25, -0.2) is 4.68 Å². The molecule has 5 heteroatoms. The van der Waals surface area contributed by atoms with Crippen molar-refractivity contribution < 1.29 is 9.90 Å². The van der Waals surface area contributed by atoms with Gasteiger partial charge in [0.25, 0.3) is 5.56 Å². The summed E-state index contributed by atoms with van der Waals surface area (Å²) in [6, 6.07) is 7.19. The fourth-order valence-corrected chi connectivity index (χ4v) is 2.11. The van der Waals surface area contributed by atoms with Crippen LogP contribution >= 0.6 is 0 Å². The highest BCUT2D eigenvalue weighted by atomic mass is 16.4. The number of hydrogen-bond acceptors (Lipinski definition) is 3. The van der Waals surface area contributed by atoms with Crippen LogP contribution in [0, 0.1) is 0 Å². The Hall–Kier alpha value is -2.17. The van der Waals surface area contributed by atoms with Crippen LogP contribution in [0.5, 0.6) is 0 Å². The molecule has 5 nitrogen and oxygen atoms in total. The van der Waals surface area contributed by atoms with Gasteiger partial charge in [0.1, 0.15) is 0 Å². The molecule has 0 aliphatic heterocycles. The number of rotatable bonds is 3. The average molecular weight is 244 g/mol. The number of aromatic nitrogens is 2. The van der Waals surface area contributed by atoms with Gasteiger partial charge in [0.2, 0.25) is 0 Å². The Kier molecular flexibility index (Phi) is 2.40. The van der Waals surface area contributed by atoms with E-state index in [2.05, 4.69) is 5.10 Å². The summed E-state index contributed by atoms with van der Waals surface area (Å²) in [5.74, 6) is -0.936. The minimum absolute atomic E-state index is 0.123. The van der Waals surface area contributed by atoms with Gasteiger partial charge in [0, 0.05) is 5.39 Å². The zero-order valence-corrected chi connectivity index (χ0v) is 9.67. The van der Waals surface area contributed by atoms with Crippen LogP contribution < -0.4 is 5.56 Å². The lowest BCUT2D eigenvalue weighted by Crippen LogP contribution is -2.24. The SMILES string of the molecule is O=C(O)Cc1nn(C2CC2)c(=O)c2ccccc12. The van der Waals surface area contributed by atoms with E-state index in [-0.39, 0.29) is 18.0 Å². The van der Waals surface area contributed by atoms with E-state index in [9.17, 15) is 9.59 Å². The van der Waals surface area contributed by atoms with Crippen LogP contribution in [0.15, 0.2) is 29.1 Å². The van der Waals surface area contributed by atoms with Crippen LogP contribution in [0.25, 0.3) is 10.8 Å². The summed E-state index contributed by atoms with van der Waals surface area (Å²) in [4.78, 5) is 23.1. The number of aliphatic carboxylic acids is 1. The molecule has 1 aromatic carbocycles. The van der Waals surface area contributed by atoms with Crippen LogP contribution in [0.4, 0.5) is 0 Å². The maximum Gasteiger partial charge on any atom is 0.309 e. The predicted molar refractivity (Wildman–Crippen MR) is 65.6 cm³/mol. The van der Waals surface area contributed by atoms with Crippen LogP contribution in [0.2, 0.25) is 0 Å². The number of carboxylic acids is 1. The van der Waals surface area contributed by atoms with Crippen molar-refractivity contribution in [3.8, 4) is 0 Å². The van der Waals surface area contributed by atoms with E-state index in [1.54, 1.807) is 24.3 Å². The van der Waals surface area contributed by atoms with Crippen molar-refractivity contribution >= 4 is 16.7 Å². The van der Waals surface area contributed by atoms with E-state index in [1.165, 1.54) is 4.68 Å². The maximum absolute atomic E-state index is 12.2. The third-order valence-corrected chi connectivity index (χ3v) is 3.12. The Labute approximate surface area is 103 Å². The lowest BCUT2D eigenvalue weighted by Gasteiger charge is -2.08. The molecule has 0 amide bonds. The van der Waals surface area contributed by atoms with Crippen LogP contribution in [0.1, 0.15) is 24.6 Å². The van der Waals surface area contributed by atoms with E-state index in [4.69, 9.17) is 5.11 Å². The third-order valence-electron chi connectivity index (χ3n) is 3.12. The fourth-order valence-electron chi connectivity index (χ4n) is 2.11. The van der Waals surface area contributed by atoms with Crippen molar-refractivity contribution in [1.82, 2.24) is 9.78 Å². The smallest absolute Gasteiger partial charge is 0.309 e. The molecule has 0 saturated heterocycles. The van der Waals surface area contributed by atoms with E-state index >= 15 is 0 Å². The molecule has 0 atom stereocenters. The Bertz CT molecular complexity index is 686. The first-order valence-electron chi connectivity index (χ1n) is 5.89. The number of nitrogens with zero attached hydrogens (tertiary/aromatic N) is 2. The quantitative estimate of drug-likeness (QED) is 0.884. The van der Waals surface area contributed by atoms with Crippen LogP contribution in [-0.4, -0.2) is 20.9 Å². The molecule has 1 aliphatic carbocycles. The Morgan fingerprint density at radius 2 is 2.00 bits per heavy atom. The Balaban J connectivity index is 2.29. The standard InChI is InChI=1S/C13H12N2O3/c16-12(17)7-11-9-3-1-2-4-10(9)13(18)15(14-11)8-5-6-8/h1-4,8H,5-7H2,(H,16,17). The van der Waals surface area contributed by atoms with E-state index in [0.717, 1.165) is 12.8 Å². The lowest BCUT2D eigenvalue weighted by atomic mass is 10.1. The molecular weight excluding hydrogens is 232 g/mol. The van der Waals surface area contributed by atoms with Crippen LogP contribution in [-0.2, 0) is 11.2 Å². The monoisotopic (exact) mass is 244 g/mol. The van der Waals surface area contributed by atoms with Gasteiger partial charge in [-0.3, -0.25) is 9.59 Å². The van der Waals surface area contributed by atoms with Crippen molar-refractivity contribution in [3.05, 3.63) is 40.3 Å². The van der Waals surface area contributed by atoms with Crippen molar-refractivity contribution in [2.24, 2.45) is 0 Å². The van der Waals surface area contributed by atoms with Crippen molar-refractivity contribution in [3.63, 3.8) is 0 Å². The molecule has 3 rings (SSSR count). The second kappa shape index (κ2) is 3.94. The molecule has 0 radical (unpaired) electrons. The van der Waals surface area contributed by atoms with Crippen molar-refractivity contribution in [1.29, 1.82) is 0 Å². The highest BCUT2D eigenvalue weighted by Crippen LogP contribution is 2.33. The molecule has 1 N–H and O–H groups in total. The summed E-state index contributed by atoms with van der Waals surface area (Å²) in [5, 5.41) is 14.3. The Morgan fingerprint density at radius 1 is 1.33 bits per heavy atom. The summed E-state index contributed by atoms with van der Waals surface area (Å²) in [6.45, 7) is 0. The van der Waals surface area contributed by atoms with E-state index in [1.807, 2.05) is 0 Å². The molecule has 1 saturated carbocycles. The molecule has 0 unspecified atom stereocenters. The molecule has 1 aromatic heterocycles. The third kappa shape index (κ3) is 1.77. The number of benzene rings is 1. The highest BCUT2D eigenvalue weighted by molar-refractivity contribution is 5.86. The number of carboxylic acid groups (broad SMARTS) is 1. The second-order valence-electron chi connectivity index (χ2n) is 4.54. The van der Waals surface area contributed by atoms with Gasteiger partial charge in [-0.15, -0.1) is 0 Å². The molecule has 1 fully saturated rings. The molecule has 1 heterocycles.